The molecule has 0 spiro atoms. The molecule has 0 aliphatic heterocycles. The molecule has 1 aromatic heterocycles. The molecule has 1 heterocycles. The van der Waals surface area contributed by atoms with Gasteiger partial charge in [0, 0.05) is 9.84 Å². The van der Waals surface area contributed by atoms with E-state index < -0.39 is 0 Å². The molecule has 1 aromatic rings. The highest BCUT2D eigenvalue weighted by molar-refractivity contribution is 14.1. The van der Waals surface area contributed by atoms with E-state index in [1.807, 2.05) is 6.92 Å². The van der Waals surface area contributed by atoms with Crippen molar-refractivity contribution in [2.24, 2.45) is 5.92 Å². The van der Waals surface area contributed by atoms with E-state index in [2.05, 4.69) is 61.7 Å². The average molecular weight is 409 g/mol. The monoisotopic (exact) mass is 408 g/mol. The van der Waals surface area contributed by atoms with Crippen molar-refractivity contribution in [2.75, 3.05) is 0 Å². The Hall–Kier alpha value is 0.290. The van der Waals surface area contributed by atoms with Crippen LogP contribution in [-0.4, -0.2) is 14.1 Å². The van der Waals surface area contributed by atoms with E-state index in [9.17, 15) is 0 Å². The van der Waals surface area contributed by atoms with E-state index in [1.165, 1.54) is 31.2 Å². The summed E-state index contributed by atoms with van der Waals surface area (Å²) in [5, 5.41) is 8.33. The number of nitrogens with zero attached hydrogens (tertiary/aromatic N) is 2. The van der Waals surface area contributed by atoms with Crippen molar-refractivity contribution in [3.05, 3.63) is 21.9 Å². The molecule has 1 fully saturated rings. The van der Waals surface area contributed by atoms with Gasteiger partial charge in [0.15, 0.2) is 0 Å². The molecule has 2 rings (SSSR count). The van der Waals surface area contributed by atoms with Crippen molar-refractivity contribution in [3.8, 4) is 0 Å². The molecule has 1 saturated carbocycles. The number of aromatic nitrogens is 2. The number of hydrogen-bond donors (Lipinski definition) is 0. The Morgan fingerprint density at radius 2 is 2.18 bits per heavy atom. The van der Waals surface area contributed by atoms with Gasteiger partial charge in [-0.15, -0.1) is 5.10 Å². The smallest absolute Gasteiger partial charge is 0.132 e. The lowest BCUT2D eigenvalue weighted by Crippen LogP contribution is -2.27. The predicted octanol–water partition coefficient (Wildman–Crippen LogP) is 4.64. The van der Waals surface area contributed by atoms with Gasteiger partial charge >= 0.3 is 0 Å². The van der Waals surface area contributed by atoms with E-state index in [1.54, 1.807) is 0 Å². The summed E-state index contributed by atoms with van der Waals surface area (Å²) in [6.45, 7) is 4.33. The Morgan fingerprint density at radius 1 is 1.41 bits per heavy atom. The van der Waals surface area contributed by atoms with Gasteiger partial charge in [0.1, 0.15) is 4.60 Å². The predicted molar refractivity (Wildman–Crippen MR) is 82.7 cm³/mol. The SMILES string of the molecule is CCC1CCCC(I)C1c1cc(C)nnc1Br. The lowest BCUT2D eigenvalue weighted by molar-refractivity contribution is 0.313. The fraction of sp³-hybridized carbons (Fsp3) is 0.692. The molecule has 2 nitrogen and oxygen atoms in total. The largest absolute Gasteiger partial charge is 0.155 e. The topological polar surface area (TPSA) is 25.8 Å². The minimum Gasteiger partial charge on any atom is -0.155 e. The molecule has 0 aromatic carbocycles. The summed E-state index contributed by atoms with van der Waals surface area (Å²) in [6, 6.07) is 2.21. The first kappa shape index (κ1) is 13.7. The number of rotatable bonds is 2. The highest BCUT2D eigenvalue weighted by Gasteiger charge is 2.33. The van der Waals surface area contributed by atoms with Crippen LogP contribution in [0.3, 0.4) is 0 Å². The van der Waals surface area contributed by atoms with Crippen LogP contribution in [0, 0.1) is 12.8 Å². The van der Waals surface area contributed by atoms with Crippen LogP contribution in [0.1, 0.15) is 49.8 Å². The van der Waals surface area contributed by atoms with Gasteiger partial charge in [-0.2, -0.15) is 5.10 Å². The number of halogens is 2. The molecule has 94 valence electrons. The Labute approximate surface area is 125 Å². The van der Waals surface area contributed by atoms with Crippen LogP contribution in [0.15, 0.2) is 10.7 Å². The minimum absolute atomic E-state index is 0.637. The van der Waals surface area contributed by atoms with Crippen molar-refractivity contribution in [1.82, 2.24) is 10.2 Å². The Kier molecular flexibility index (Phi) is 4.80. The van der Waals surface area contributed by atoms with Crippen molar-refractivity contribution < 1.29 is 0 Å². The van der Waals surface area contributed by atoms with Gasteiger partial charge in [0.25, 0.3) is 0 Å². The summed E-state index contributed by atoms with van der Waals surface area (Å²) < 4.78 is 1.67. The first-order valence-corrected chi connectivity index (χ1v) is 8.31. The maximum absolute atomic E-state index is 4.22. The van der Waals surface area contributed by atoms with E-state index in [-0.39, 0.29) is 0 Å². The maximum atomic E-state index is 4.22. The Morgan fingerprint density at radius 3 is 2.88 bits per heavy atom. The summed E-state index contributed by atoms with van der Waals surface area (Å²) in [6.07, 6.45) is 5.32. The lowest BCUT2D eigenvalue weighted by atomic mass is 9.74. The van der Waals surface area contributed by atoms with Crippen molar-refractivity contribution in [2.45, 2.75) is 49.4 Å². The standard InChI is InChI=1S/C13H18BrIN2/c1-3-9-5-4-6-11(15)12(9)10-7-8(2)16-17-13(10)14/h7,9,11-12H,3-6H2,1-2H3. The molecule has 4 heteroatoms. The van der Waals surface area contributed by atoms with Crippen LogP contribution < -0.4 is 0 Å². The molecule has 0 bridgehead atoms. The molecule has 0 saturated heterocycles. The second-order valence-corrected chi connectivity index (χ2v) is 7.22. The first-order valence-electron chi connectivity index (χ1n) is 6.27. The molecular formula is C13H18BrIN2. The Bertz CT molecular complexity index is 397. The molecule has 1 aliphatic carbocycles. The van der Waals surface area contributed by atoms with Gasteiger partial charge in [-0.05, 0) is 53.2 Å². The zero-order chi connectivity index (χ0) is 12.4. The van der Waals surface area contributed by atoms with Crippen LogP contribution in [-0.2, 0) is 0 Å². The third kappa shape index (κ3) is 3.00. The quantitative estimate of drug-likeness (QED) is 0.526. The number of alkyl halides is 1. The van der Waals surface area contributed by atoms with Crippen LogP contribution in [0.2, 0.25) is 0 Å². The maximum Gasteiger partial charge on any atom is 0.132 e. The average Bonchev–Trinajstić information content (AvgIpc) is 2.32. The second-order valence-electron chi connectivity index (χ2n) is 4.87. The summed E-state index contributed by atoms with van der Waals surface area (Å²) in [7, 11) is 0. The van der Waals surface area contributed by atoms with Gasteiger partial charge < -0.3 is 0 Å². The van der Waals surface area contributed by atoms with E-state index in [0.29, 0.717) is 5.92 Å². The van der Waals surface area contributed by atoms with Gasteiger partial charge in [0.2, 0.25) is 0 Å². The van der Waals surface area contributed by atoms with Gasteiger partial charge in [-0.3, -0.25) is 0 Å². The zero-order valence-corrected chi connectivity index (χ0v) is 14.0. The lowest BCUT2D eigenvalue weighted by Gasteiger charge is -2.35. The first-order chi connectivity index (χ1) is 8.13. The summed E-state index contributed by atoms with van der Waals surface area (Å²) in [4.78, 5) is 0. The van der Waals surface area contributed by atoms with Gasteiger partial charge in [0.05, 0.1) is 5.69 Å². The molecule has 17 heavy (non-hydrogen) atoms. The third-order valence-electron chi connectivity index (χ3n) is 3.73. The summed E-state index contributed by atoms with van der Waals surface area (Å²) in [5.74, 6) is 1.43. The minimum atomic E-state index is 0.637. The fourth-order valence-electron chi connectivity index (χ4n) is 2.86. The van der Waals surface area contributed by atoms with Crippen LogP contribution in [0.5, 0.6) is 0 Å². The van der Waals surface area contributed by atoms with Crippen molar-refractivity contribution >= 4 is 38.5 Å². The molecular weight excluding hydrogens is 391 g/mol. The van der Waals surface area contributed by atoms with Crippen molar-refractivity contribution in [3.63, 3.8) is 0 Å². The normalized spacial score (nSPS) is 29.3. The third-order valence-corrected chi connectivity index (χ3v) is 5.75. The summed E-state index contributed by atoms with van der Waals surface area (Å²) >= 11 is 6.19. The van der Waals surface area contributed by atoms with Crippen LogP contribution in [0.25, 0.3) is 0 Å². The fourth-order valence-corrected chi connectivity index (χ4v) is 4.74. The van der Waals surface area contributed by atoms with E-state index >= 15 is 0 Å². The van der Waals surface area contributed by atoms with Crippen LogP contribution in [0.4, 0.5) is 0 Å². The molecule has 0 radical (unpaired) electrons. The zero-order valence-electron chi connectivity index (χ0n) is 10.3. The molecule has 0 amide bonds. The van der Waals surface area contributed by atoms with Gasteiger partial charge in [-0.1, -0.05) is 42.4 Å². The van der Waals surface area contributed by atoms with E-state index in [0.717, 1.165) is 20.1 Å². The van der Waals surface area contributed by atoms with Crippen LogP contribution >= 0.6 is 38.5 Å². The molecule has 0 N–H and O–H groups in total. The highest BCUT2D eigenvalue weighted by atomic mass is 127. The summed E-state index contributed by atoms with van der Waals surface area (Å²) in [5.41, 5.74) is 2.38. The van der Waals surface area contributed by atoms with Crippen molar-refractivity contribution in [1.29, 1.82) is 0 Å². The molecule has 1 aliphatic rings. The van der Waals surface area contributed by atoms with E-state index in [4.69, 9.17) is 0 Å². The number of aryl methyl sites for hydroxylation is 1. The second kappa shape index (κ2) is 5.95. The van der Waals surface area contributed by atoms with Gasteiger partial charge in [-0.25, -0.2) is 0 Å². The number of hydrogen-bond acceptors (Lipinski definition) is 2. The highest BCUT2D eigenvalue weighted by Crippen LogP contribution is 2.44. The Balaban J connectivity index is 2.37. The molecule has 3 atom stereocenters. The molecule has 3 unspecified atom stereocenters.